The quantitative estimate of drug-likeness (QED) is 0.539. The Morgan fingerprint density at radius 1 is 1.11 bits per heavy atom. The van der Waals surface area contributed by atoms with E-state index in [2.05, 4.69) is 20.3 Å². The minimum atomic E-state index is -3.28. The van der Waals surface area contributed by atoms with Gasteiger partial charge in [-0.1, -0.05) is 6.07 Å². The minimum Gasteiger partial charge on any atom is -0.424 e. The van der Waals surface area contributed by atoms with Crippen LogP contribution in [0.4, 0.5) is 13.2 Å². The number of aryl methyl sites for hydroxylation is 1. The molecule has 6 nitrogen and oxygen atoms in total. The van der Waals surface area contributed by atoms with E-state index in [0.29, 0.717) is 40.9 Å². The van der Waals surface area contributed by atoms with Crippen molar-refractivity contribution in [1.82, 2.24) is 25.0 Å². The zero-order chi connectivity index (χ0) is 19.2. The third kappa shape index (κ3) is 3.27. The molecule has 0 saturated carbocycles. The van der Waals surface area contributed by atoms with E-state index in [-0.39, 0.29) is 6.54 Å². The number of pyridine rings is 1. The summed E-state index contributed by atoms with van der Waals surface area (Å²) in [5.41, 5.74) is 1.63. The van der Waals surface area contributed by atoms with Gasteiger partial charge in [-0.2, -0.15) is 5.10 Å². The predicted octanol–water partition coefficient (Wildman–Crippen LogP) is 4.09. The molecule has 0 aliphatic rings. The van der Waals surface area contributed by atoms with E-state index in [4.69, 9.17) is 4.42 Å². The van der Waals surface area contributed by atoms with E-state index in [1.165, 1.54) is 12.3 Å². The Labute approximate surface area is 151 Å². The van der Waals surface area contributed by atoms with Crippen molar-refractivity contribution < 1.29 is 17.6 Å². The number of hydrogen-bond donors (Lipinski definition) is 0. The van der Waals surface area contributed by atoms with Gasteiger partial charge in [0, 0.05) is 25.6 Å². The molecule has 3 heterocycles. The number of fused-ring (bicyclic) bond motifs is 1. The molecular formula is C18H14F3N5O. The third-order valence-corrected chi connectivity index (χ3v) is 4.12. The Morgan fingerprint density at radius 3 is 2.63 bits per heavy atom. The summed E-state index contributed by atoms with van der Waals surface area (Å²) >= 11 is 0. The molecule has 0 unspecified atom stereocenters. The summed E-state index contributed by atoms with van der Waals surface area (Å²) in [6.07, 6.45) is 3.12. The van der Waals surface area contributed by atoms with Gasteiger partial charge >= 0.3 is 0 Å². The molecule has 138 valence electrons. The van der Waals surface area contributed by atoms with Gasteiger partial charge in [-0.3, -0.25) is 9.67 Å². The topological polar surface area (TPSA) is 69.6 Å². The first-order chi connectivity index (χ1) is 12.8. The zero-order valence-electron chi connectivity index (χ0n) is 14.4. The average Bonchev–Trinajstić information content (AvgIpc) is 3.20. The zero-order valence-corrected chi connectivity index (χ0v) is 14.4. The van der Waals surface area contributed by atoms with Crippen LogP contribution in [-0.4, -0.2) is 25.0 Å². The van der Waals surface area contributed by atoms with E-state index >= 15 is 0 Å². The Kier molecular flexibility index (Phi) is 3.94. The lowest BCUT2D eigenvalue weighted by Crippen LogP contribution is -2.10. The highest BCUT2D eigenvalue weighted by atomic mass is 19.3. The van der Waals surface area contributed by atoms with Gasteiger partial charge in [-0.25, -0.2) is 13.2 Å². The molecule has 27 heavy (non-hydrogen) atoms. The molecule has 0 atom stereocenters. The van der Waals surface area contributed by atoms with Crippen LogP contribution < -0.4 is 0 Å². The molecule has 1 aromatic carbocycles. The Hall–Kier alpha value is -3.23. The van der Waals surface area contributed by atoms with Gasteiger partial charge in [-0.05, 0) is 23.8 Å². The Balaban J connectivity index is 1.76. The summed E-state index contributed by atoms with van der Waals surface area (Å²) < 4.78 is 48.0. The van der Waals surface area contributed by atoms with Crippen LogP contribution in [0.15, 0.2) is 41.1 Å². The molecular weight excluding hydrogens is 359 g/mol. The van der Waals surface area contributed by atoms with Crippen LogP contribution in [0.2, 0.25) is 0 Å². The van der Waals surface area contributed by atoms with E-state index in [1.807, 2.05) is 0 Å². The lowest BCUT2D eigenvalue weighted by atomic mass is 10.0. The highest BCUT2D eigenvalue weighted by Gasteiger charge is 2.28. The van der Waals surface area contributed by atoms with Crippen molar-refractivity contribution in [3.63, 3.8) is 0 Å². The molecule has 4 aromatic rings. The highest BCUT2D eigenvalue weighted by molar-refractivity contribution is 5.80. The van der Waals surface area contributed by atoms with Crippen LogP contribution in [0.25, 0.3) is 22.2 Å². The fraction of sp³-hybridized carbons (Fsp3) is 0.222. The third-order valence-electron chi connectivity index (χ3n) is 4.12. The first-order valence-electron chi connectivity index (χ1n) is 8.10. The Morgan fingerprint density at radius 2 is 1.93 bits per heavy atom. The SMILES string of the molecule is Cc1nnc(Cn2ncc3ncc(-c4ccc(F)c(C(C)(F)F)c4)cc32)o1. The van der Waals surface area contributed by atoms with Gasteiger partial charge in [0.1, 0.15) is 17.9 Å². The summed E-state index contributed by atoms with van der Waals surface area (Å²) in [7, 11) is 0. The normalized spacial score (nSPS) is 12.0. The van der Waals surface area contributed by atoms with Crippen molar-refractivity contribution >= 4 is 11.0 Å². The second-order valence-corrected chi connectivity index (χ2v) is 6.23. The van der Waals surface area contributed by atoms with Crippen molar-refractivity contribution in [2.24, 2.45) is 0 Å². The standard InChI is InChI=1S/C18H14F3N5O/c1-10-24-25-17(27-10)9-26-16-6-12(7-22-15(16)8-23-26)11-3-4-14(19)13(5-11)18(2,20)21/h3-8H,9H2,1-2H3. The molecule has 0 aliphatic heterocycles. The van der Waals surface area contributed by atoms with Crippen LogP contribution in [0, 0.1) is 12.7 Å². The van der Waals surface area contributed by atoms with E-state index in [1.54, 1.807) is 23.9 Å². The minimum absolute atomic E-state index is 0.247. The molecule has 0 N–H and O–H groups in total. The maximum absolute atomic E-state index is 13.8. The number of halogens is 3. The molecule has 3 aromatic heterocycles. The monoisotopic (exact) mass is 373 g/mol. The largest absolute Gasteiger partial charge is 0.424 e. The lowest BCUT2D eigenvalue weighted by Gasteiger charge is -2.13. The molecule has 0 amide bonds. The number of aromatic nitrogens is 5. The van der Waals surface area contributed by atoms with Crippen molar-refractivity contribution in [1.29, 1.82) is 0 Å². The predicted molar refractivity (Wildman–Crippen MR) is 90.6 cm³/mol. The van der Waals surface area contributed by atoms with Crippen molar-refractivity contribution in [3.05, 3.63) is 59.8 Å². The van der Waals surface area contributed by atoms with Crippen LogP contribution in [0.1, 0.15) is 24.3 Å². The van der Waals surface area contributed by atoms with Crippen molar-refractivity contribution in [2.45, 2.75) is 26.3 Å². The fourth-order valence-corrected chi connectivity index (χ4v) is 2.81. The van der Waals surface area contributed by atoms with E-state index < -0.39 is 17.3 Å². The van der Waals surface area contributed by atoms with E-state index in [0.717, 1.165) is 12.1 Å². The molecule has 0 saturated heterocycles. The Bertz CT molecular complexity index is 1130. The maximum atomic E-state index is 13.8. The summed E-state index contributed by atoms with van der Waals surface area (Å²) in [4.78, 5) is 4.31. The smallest absolute Gasteiger partial charge is 0.273 e. The van der Waals surface area contributed by atoms with Gasteiger partial charge in [0.15, 0.2) is 0 Å². The van der Waals surface area contributed by atoms with Crippen molar-refractivity contribution in [3.8, 4) is 11.1 Å². The van der Waals surface area contributed by atoms with Gasteiger partial charge in [0.05, 0.1) is 17.3 Å². The summed E-state index contributed by atoms with van der Waals surface area (Å²) in [5, 5.41) is 12.0. The van der Waals surface area contributed by atoms with Crippen LogP contribution in [0.5, 0.6) is 0 Å². The van der Waals surface area contributed by atoms with Gasteiger partial charge in [0.25, 0.3) is 5.92 Å². The molecule has 0 fully saturated rings. The number of nitrogens with zero attached hydrogens (tertiary/aromatic N) is 5. The molecule has 4 rings (SSSR count). The van der Waals surface area contributed by atoms with Crippen LogP contribution in [0.3, 0.4) is 0 Å². The van der Waals surface area contributed by atoms with Crippen molar-refractivity contribution in [2.75, 3.05) is 0 Å². The van der Waals surface area contributed by atoms with Gasteiger partial charge in [0.2, 0.25) is 11.8 Å². The lowest BCUT2D eigenvalue weighted by molar-refractivity contribution is 0.0138. The maximum Gasteiger partial charge on any atom is 0.273 e. The molecule has 0 bridgehead atoms. The number of benzene rings is 1. The first-order valence-corrected chi connectivity index (χ1v) is 8.10. The molecule has 0 radical (unpaired) electrons. The summed E-state index contributed by atoms with van der Waals surface area (Å²) in [5.74, 6) is -3.40. The molecule has 0 spiro atoms. The van der Waals surface area contributed by atoms with E-state index in [9.17, 15) is 13.2 Å². The summed E-state index contributed by atoms with van der Waals surface area (Å²) in [6, 6.07) is 5.36. The second-order valence-electron chi connectivity index (χ2n) is 6.23. The van der Waals surface area contributed by atoms with Gasteiger partial charge in [-0.15, -0.1) is 10.2 Å². The first kappa shape index (κ1) is 17.2. The van der Waals surface area contributed by atoms with Gasteiger partial charge < -0.3 is 4.42 Å². The summed E-state index contributed by atoms with van der Waals surface area (Å²) in [6.45, 7) is 2.60. The molecule has 0 aliphatic carbocycles. The number of rotatable bonds is 4. The second kappa shape index (κ2) is 6.19. The highest BCUT2D eigenvalue weighted by Crippen LogP contribution is 2.33. The number of hydrogen-bond acceptors (Lipinski definition) is 5. The van der Waals surface area contributed by atoms with Crippen LogP contribution >= 0.6 is 0 Å². The number of alkyl halides is 2. The fourth-order valence-electron chi connectivity index (χ4n) is 2.81. The average molecular weight is 373 g/mol. The molecule has 9 heteroatoms. The van der Waals surface area contributed by atoms with Crippen LogP contribution in [-0.2, 0) is 12.5 Å².